The van der Waals surface area contributed by atoms with E-state index >= 15 is 0 Å². The van der Waals surface area contributed by atoms with E-state index in [4.69, 9.17) is 0 Å². The number of β-amino-alcohol motifs (C(OH)–C–C–N with tert-alkyl or cyclic N) is 1. The molecule has 0 bridgehead atoms. The Hall–Kier alpha value is -1.21. The van der Waals surface area contributed by atoms with Crippen molar-refractivity contribution in [3.05, 3.63) is 44.8 Å². The fourth-order valence-electron chi connectivity index (χ4n) is 2.67. The third-order valence-electron chi connectivity index (χ3n) is 3.93. The Morgan fingerprint density at radius 3 is 2.50 bits per heavy atom. The number of carbonyl (C=O) groups excluding carboxylic acids is 1. The molecule has 1 atom stereocenters. The average molecular weight is 336 g/mol. The van der Waals surface area contributed by atoms with Gasteiger partial charge in [0.1, 0.15) is 6.10 Å². The zero-order valence-corrected chi connectivity index (χ0v) is 14.0. The largest absolute Gasteiger partial charge is 0.386 e. The van der Waals surface area contributed by atoms with E-state index in [1.165, 1.54) is 0 Å². The number of nitrogens with zero attached hydrogens (tertiary/aromatic N) is 2. The number of amides is 1. The summed E-state index contributed by atoms with van der Waals surface area (Å²) in [6, 6.07) is 7.92. The summed E-state index contributed by atoms with van der Waals surface area (Å²) in [5.41, 5.74) is 0. The SMILES string of the molecule is O=C(Cc1cccs1)N1CCN(CC(O)c2cccs2)CC1. The Kier molecular flexibility index (Phi) is 5.25. The van der Waals surface area contributed by atoms with Gasteiger partial charge in [-0.05, 0) is 22.9 Å². The molecule has 118 valence electrons. The molecule has 0 aliphatic carbocycles. The second-order valence-corrected chi connectivity index (χ2v) is 7.48. The van der Waals surface area contributed by atoms with Crippen molar-refractivity contribution in [1.29, 1.82) is 0 Å². The summed E-state index contributed by atoms with van der Waals surface area (Å²) in [6.07, 6.45) is 0.0866. The van der Waals surface area contributed by atoms with Gasteiger partial charge in [0.15, 0.2) is 0 Å². The highest BCUT2D eigenvalue weighted by atomic mass is 32.1. The minimum absolute atomic E-state index is 0.209. The van der Waals surface area contributed by atoms with Crippen LogP contribution in [0.3, 0.4) is 0 Å². The number of rotatable bonds is 5. The molecule has 1 amide bonds. The lowest BCUT2D eigenvalue weighted by atomic mass is 10.2. The van der Waals surface area contributed by atoms with Crippen LogP contribution in [0.4, 0.5) is 0 Å². The maximum atomic E-state index is 12.2. The first-order chi connectivity index (χ1) is 10.7. The maximum Gasteiger partial charge on any atom is 0.227 e. The molecule has 1 unspecified atom stereocenters. The molecule has 1 fully saturated rings. The van der Waals surface area contributed by atoms with Gasteiger partial charge < -0.3 is 10.0 Å². The zero-order valence-electron chi connectivity index (χ0n) is 12.4. The normalized spacial score (nSPS) is 17.6. The Bertz CT molecular complexity index is 575. The average Bonchev–Trinajstić information content (AvgIpc) is 3.21. The van der Waals surface area contributed by atoms with Crippen molar-refractivity contribution in [2.24, 2.45) is 0 Å². The van der Waals surface area contributed by atoms with E-state index in [1.807, 2.05) is 39.9 Å². The second-order valence-electron chi connectivity index (χ2n) is 5.47. The van der Waals surface area contributed by atoms with Crippen LogP contribution in [0.1, 0.15) is 15.9 Å². The molecule has 3 rings (SSSR count). The Balaban J connectivity index is 1.45. The van der Waals surface area contributed by atoms with Gasteiger partial charge in [-0.25, -0.2) is 0 Å². The molecule has 0 saturated carbocycles. The van der Waals surface area contributed by atoms with Gasteiger partial charge in [-0.2, -0.15) is 0 Å². The minimum atomic E-state index is -0.423. The fraction of sp³-hybridized carbons (Fsp3) is 0.438. The third-order valence-corrected chi connectivity index (χ3v) is 5.78. The maximum absolute atomic E-state index is 12.2. The molecule has 4 nitrogen and oxygen atoms in total. The summed E-state index contributed by atoms with van der Waals surface area (Å²) in [7, 11) is 0. The molecule has 0 aromatic carbocycles. The number of piperazine rings is 1. The van der Waals surface area contributed by atoms with Crippen LogP contribution in [0.2, 0.25) is 0 Å². The van der Waals surface area contributed by atoms with Crippen molar-refractivity contribution < 1.29 is 9.90 Å². The highest BCUT2D eigenvalue weighted by Gasteiger charge is 2.23. The first kappa shape index (κ1) is 15.7. The number of hydrogen-bond acceptors (Lipinski definition) is 5. The van der Waals surface area contributed by atoms with E-state index in [0.29, 0.717) is 13.0 Å². The molecular weight excluding hydrogens is 316 g/mol. The van der Waals surface area contributed by atoms with Crippen LogP contribution in [0, 0.1) is 0 Å². The van der Waals surface area contributed by atoms with Crippen molar-refractivity contribution in [3.8, 4) is 0 Å². The molecule has 22 heavy (non-hydrogen) atoms. The lowest BCUT2D eigenvalue weighted by Gasteiger charge is -2.35. The summed E-state index contributed by atoms with van der Waals surface area (Å²) in [6.45, 7) is 3.81. The van der Waals surface area contributed by atoms with E-state index < -0.39 is 6.10 Å². The predicted molar refractivity (Wildman–Crippen MR) is 90.3 cm³/mol. The Labute approximate surface area is 138 Å². The number of carbonyl (C=O) groups is 1. The lowest BCUT2D eigenvalue weighted by molar-refractivity contribution is -0.132. The first-order valence-electron chi connectivity index (χ1n) is 7.46. The Morgan fingerprint density at radius 2 is 1.86 bits per heavy atom. The van der Waals surface area contributed by atoms with Crippen molar-refractivity contribution in [3.63, 3.8) is 0 Å². The molecule has 0 radical (unpaired) electrons. The van der Waals surface area contributed by atoms with Crippen molar-refractivity contribution >= 4 is 28.6 Å². The van der Waals surface area contributed by atoms with Crippen LogP contribution in [0.5, 0.6) is 0 Å². The van der Waals surface area contributed by atoms with Crippen LogP contribution in [-0.2, 0) is 11.2 Å². The molecule has 2 aromatic rings. The molecule has 1 aliphatic heterocycles. The molecule has 2 aromatic heterocycles. The molecule has 6 heteroatoms. The van der Waals surface area contributed by atoms with Crippen molar-refractivity contribution in [2.45, 2.75) is 12.5 Å². The van der Waals surface area contributed by atoms with Gasteiger partial charge in [0.25, 0.3) is 0 Å². The Morgan fingerprint density at radius 1 is 1.14 bits per heavy atom. The van der Waals surface area contributed by atoms with Gasteiger partial charge in [0.2, 0.25) is 5.91 Å². The van der Waals surface area contributed by atoms with Crippen LogP contribution >= 0.6 is 22.7 Å². The number of aliphatic hydroxyl groups is 1. The van der Waals surface area contributed by atoms with Crippen LogP contribution in [-0.4, -0.2) is 53.5 Å². The highest BCUT2D eigenvalue weighted by molar-refractivity contribution is 7.10. The van der Waals surface area contributed by atoms with Crippen LogP contribution in [0.25, 0.3) is 0 Å². The van der Waals surface area contributed by atoms with Gasteiger partial charge >= 0.3 is 0 Å². The second kappa shape index (κ2) is 7.37. The van der Waals surface area contributed by atoms with E-state index in [-0.39, 0.29) is 5.91 Å². The fourth-order valence-corrected chi connectivity index (χ4v) is 4.07. The van der Waals surface area contributed by atoms with Crippen molar-refractivity contribution in [2.75, 3.05) is 32.7 Å². The predicted octanol–water partition coefficient (Wildman–Crippen LogP) is 2.23. The van der Waals surface area contributed by atoms with Gasteiger partial charge in [0, 0.05) is 42.5 Å². The van der Waals surface area contributed by atoms with Gasteiger partial charge in [-0.1, -0.05) is 12.1 Å². The smallest absolute Gasteiger partial charge is 0.227 e. The summed E-state index contributed by atoms with van der Waals surface area (Å²) < 4.78 is 0. The highest BCUT2D eigenvalue weighted by Crippen LogP contribution is 2.20. The summed E-state index contributed by atoms with van der Waals surface area (Å²) in [5, 5.41) is 14.2. The monoisotopic (exact) mass is 336 g/mol. The third kappa shape index (κ3) is 3.95. The minimum Gasteiger partial charge on any atom is -0.386 e. The molecule has 1 N–H and O–H groups in total. The van der Waals surface area contributed by atoms with E-state index in [2.05, 4.69) is 4.90 Å². The topological polar surface area (TPSA) is 43.8 Å². The summed E-state index contributed by atoms with van der Waals surface area (Å²) in [4.78, 5) is 18.6. The number of thiophene rings is 2. The molecular formula is C16H20N2O2S2. The van der Waals surface area contributed by atoms with Gasteiger partial charge in [-0.3, -0.25) is 9.69 Å². The van der Waals surface area contributed by atoms with E-state index in [1.54, 1.807) is 22.7 Å². The lowest BCUT2D eigenvalue weighted by Crippen LogP contribution is -2.49. The molecule has 1 aliphatic rings. The molecule has 3 heterocycles. The summed E-state index contributed by atoms with van der Waals surface area (Å²) >= 11 is 3.22. The first-order valence-corrected chi connectivity index (χ1v) is 9.22. The number of aliphatic hydroxyl groups excluding tert-OH is 1. The summed E-state index contributed by atoms with van der Waals surface area (Å²) in [5.74, 6) is 0.209. The van der Waals surface area contributed by atoms with Crippen LogP contribution in [0.15, 0.2) is 35.0 Å². The zero-order chi connectivity index (χ0) is 15.4. The standard InChI is InChI=1S/C16H20N2O2S2/c19-14(15-4-2-10-22-15)12-17-5-7-18(8-6-17)16(20)11-13-3-1-9-21-13/h1-4,9-10,14,19H,5-8,11-12H2. The van der Waals surface area contributed by atoms with Gasteiger partial charge in [0.05, 0.1) is 6.42 Å². The van der Waals surface area contributed by atoms with Crippen molar-refractivity contribution in [1.82, 2.24) is 9.80 Å². The van der Waals surface area contributed by atoms with E-state index in [0.717, 1.165) is 35.9 Å². The molecule has 1 saturated heterocycles. The van der Waals surface area contributed by atoms with E-state index in [9.17, 15) is 9.90 Å². The van der Waals surface area contributed by atoms with Gasteiger partial charge in [-0.15, -0.1) is 22.7 Å². The van der Waals surface area contributed by atoms with Crippen LogP contribution < -0.4 is 0 Å². The quantitative estimate of drug-likeness (QED) is 0.911. The number of hydrogen-bond donors (Lipinski definition) is 1. The molecule has 0 spiro atoms.